The van der Waals surface area contributed by atoms with Crippen LogP contribution in [-0.2, 0) is 0 Å². The zero-order chi connectivity index (χ0) is 13.9. The normalized spacial score (nSPS) is 18.2. The van der Waals surface area contributed by atoms with Crippen molar-refractivity contribution >= 4 is 11.9 Å². The van der Waals surface area contributed by atoms with Gasteiger partial charge in [-0.05, 0) is 31.0 Å². The van der Waals surface area contributed by atoms with E-state index in [0.29, 0.717) is 5.56 Å². The van der Waals surface area contributed by atoms with Gasteiger partial charge in [-0.15, -0.1) is 0 Å². The first-order valence-corrected chi connectivity index (χ1v) is 6.55. The van der Waals surface area contributed by atoms with Gasteiger partial charge in [-0.2, -0.15) is 0 Å². The molecule has 1 aliphatic rings. The van der Waals surface area contributed by atoms with E-state index in [1.165, 1.54) is 0 Å². The van der Waals surface area contributed by atoms with Gasteiger partial charge in [0.15, 0.2) is 0 Å². The molecule has 3 heterocycles. The molecule has 0 unspecified atom stereocenters. The Bertz CT molecular complexity index is 616. The van der Waals surface area contributed by atoms with Crippen LogP contribution in [0.1, 0.15) is 34.9 Å². The molecule has 0 saturated carbocycles. The zero-order valence-electron chi connectivity index (χ0n) is 10.9. The molecule has 102 valence electrons. The topological polar surface area (TPSA) is 85.0 Å². The third-order valence-corrected chi connectivity index (χ3v) is 3.46. The zero-order valence-corrected chi connectivity index (χ0v) is 10.9. The number of aromatic nitrogens is 3. The van der Waals surface area contributed by atoms with Crippen LogP contribution in [0.4, 0.5) is 5.95 Å². The van der Waals surface area contributed by atoms with Crippen molar-refractivity contribution in [1.29, 1.82) is 0 Å². The molecule has 2 aromatic heterocycles. The molecule has 1 fully saturated rings. The molecule has 0 bridgehead atoms. The number of anilines is 1. The first kappa shape index (κ1) is 12.5. The molecule has 0 aromatic carbocycles. The first-order valence-electron chi connectivity index (χ1n) is 6.55. The molecular weight excluding hydrogens is 254 g/mol. The summed E-state index contributed by atoms with van der Waals surface area (Å²) in [5.41, 5.74) is 7.02. The molecule has 1 atom stereocenters. The van der Waals surface area contributed by atoms with Crippen molar-refractivity contribution in [1.82, 2.24) is 19.9 Å². The van der Waals surface area contributed by atoms with Crippen LogP contribution in [0.5, 0.6) is 0 Å². The molecule has 6 heteroatoms. The number of carbonyl (C=O) groups excluding carboxylic acids is 1. The predicted octanol–water partition coefficient (Wildman–Crippen LogP) is 1.43. The summed E-state index contributed by atoms with van der Waals surface area (Å²) >= 11 is 0. The Kier molecular flexibility index (Phi) is 3.28. The molecule has 1 amide bonds. The third-order valence-electron chi connectivity index (χ3n) is 3.46. The highest BCUT2D eigenvalue weighted by Crippen LogP contribution is 2.31. The second kappa shape index (κ2) is 5.24. The quantitative estimate of drug-likeness (QED) is 0.891. The monoisotopic (exact) mass is 269 g/mol. The van der Waals surface area contributed by atoms with E-state index < -0.39 is 0 Å². The molecule has 1 aliphatic heterocycles. The third kappa shape index (κ3) is 2.32. The fourth-order valence-corrected chi connectivity index (χ4v) is 2.55. The smallest absolute Gasteiger partial charge is 0.255 e. The van der Waals surface area contributed by atoms with Crippen molar-refractivity contribution in [3.8, 4) is 0 Å². The minimum absolute atomic E-state index is 0.0159. The van der Waals surface area contributed by atoms with Gasteiger partial charge in [0, 0.05) is 25.1 Å². The van der Waals surface area contributed by atoms with Crippen LogP contribution in [0.2, 0.25) is 0 Å². The molecule has 1 saturated heterocycles. The number of rotatable bonds is 2. The molecule has 2 N–H and O–H groups in total. The number of nitrogen functional groups attached to an aromatic ring is 1. The maximum atomic E-state index is 12.5. The summed E-state index contributed by atoms with van der Waals surface area (Å²) < 4.78 is 0. The Balaban J connectivity index is 1.88. The van der Waals surface area contributed by atoms with Gasteiger partial charge >= 0.3 is 0 Å². The van der Waals surface area contributed by atoms with Gasteiger partial charge in [0.1, 0.15) is 0 Å². The molecule has 3 rings (SSSR count). The highest BCUT2D eigenvalue weighted by atomic mass is 16.2. The number of likely N-dealkylation sites (tertiary alicyclic amines) is 1. The van der Waals surface area contributed by atoms with Gasteiger partial charge in [0.25, 0.3) is 5.91 Å². The second-order valence-corrected chi connectivity index (χ2v) is 4.74. The number of pyridine rings is 1. The van der Waals surface area contributed by atoms with Crippen LogP contribution in [-0.4, -0.2) is 32.3 Å². The van der Waals surface area contributed by atoms with Crippen molar-refractivity contribution in [3.05, 3.63) is 48.0 Å². The van der Waals surface area contributed by atoms with Gasteiger partial charge in [-0.25, -0.2) is 9.97 Å². The molecular formula is C14H15N5O. The first-order chi connectivity index (χ1) is 9.75. The lowest BCUT2D eigenvalue weighted by Crippen LogP contribution is -2.31. The van der Waals surface area contributed by atoms with E-state index in [-0.39, 0.29) is 17.9 Å². The lowest BCUT2D eigenvalue weighted by molar-refractivity contribution is 0.0732. The standard InChI is InChI=1S/C14H15N5O/c15-14-17-7-5-11(18-14)12-4-2-8-19(12)13(20)10-3-1-6-16-9-10/h1,3,5-7,9,12H,2,4,8H2,(H2,15,17,18)/t12-/m1/s1. The van der Waals surface area contributed by atoms with Crippen molar-refractivity contribution in [2.45, 2.75) is 18.9 Å². The van der Waals surface area contributed by atoms with Gasteiger partial charge in [-0.1, -0.05) is 0 Å². The molecule has 0 aliphatic carbocycles. The number of hydrogen-bond donors (Lipinski definition) is 1. The number of nitrogens with zero attached hydrogens (tertiary/aromatic N) is 4. The van der Waals surface area contributed by atoms with Crippen LogP contribution in [0, 0.1) is 0 Å². The highest BCUT2D eigenvalue weighted by molar-refractivity contribution is 5.94. The van der Waals surface area contributed by atoms with Crippen LogP contribution in [0.15, 0.2) is 36.8 Å². The Morgan fingerprint density at radius 2 is 2.25 bits per heavy atom. The van der Waals surface area contributed by atoms with Crippen LogP contribution in [0.3, 0.4) is 0 Å². The Morgan fingerprint density at radius 1 is 1.35 bits per heavy atom. The molecule has 20 heavy (non-hydrogen) atoms. The minimum Gasteiger partial charge on any atom is -0.368 e. The largest absolute Gasteiger partial charge is 0.368 e. The van der Waals surface area contributed by atoms with Crippen LogP contribution >= 0.6 is 0 Å². The molecule has 6 nitrogen and oxygen atoms in total. The van der Waals surface area contributed by atoms with E-state index in [9.17, 15) is 4.79 Å². The number of nitrogens with two attached hydrogens (primary N) is 1. The lowest BCUT2D eigenvalue weighted by Gasteiger charge is -2.24. The minimum atomic E-state index is -0.0343. The Hall–Kier alpha value is -2.50. The van der Waals surface area contributed by atoms with Crippen molar-refractivity contribution in [2.75, 3.05) is 12.3 Å². The predicted molar refractivity (Wildman–Crippen MR) is 73.7 cm³/mol. The number of hydrogen-bond acceptors (Lipinski definition) is 5. The van der Waals surface area contributed by atoms with E-state index in [0.717, 1.165) is 25.1 Å². The van der Waals surface area contributed by atoms with E-state index in [2.05, 4.69) is 15.0 Å². The van der Waals surface area contributed by atoms with E-state index in [1.807, 2.05) is 11.0 Å². The van der Waals surface area contributed by atoms with Crippen molar-refractivity contribution in [2.24, 2.45) is 0 Å². The van der Waals surface area contributed by atoms with Gasteiger partial charge < -0.3 is 10.6 Å². The summed E-state index contributed by atoms with van der Waals surface area (Å²) in [7, 11) is 0. The van der Waals surface area contributed by atoms with Gasteiger partial charge in [-0.3, -0.25) is 9.78 Å². The van der Waals surface area contributed by atoms with Crippen LogP contribution < -0.4 is 5.73 Å². The summed E-state index contributed by atoms with van der Waals surface area (Å²) in [6, 6.07) is 5.32. The van der Waals surface area contributed by atoms with Crippen LogP contribution in [0.25, 0.3) is 0 Å². The SMILES string of the molecule is Nc1nccc([C@H]2CCCN2C(=O)c2cccnc2)n1. The summed E-state index contributed by atoms with van der Waals surface area (Å²) in [5, 5.41) is 0. The fraction of sp³-hybridized carbons (Fsp3) is 0.286. The summed E-state index contributed by atoms with van der Waals surface area (Å²) in [5.74, 6) is 0.223. The molecule has 2 aromatic rings. The number of carbonyl (C=O) groups is 1. The Morgan fingerprint density at radius 3 is 3.00 bits per heavy atom. The lowest BCUT2D eigenvalue weighted by atomic mass is 10.1. The maximum Gasteiger partial charge on any atom is 0.255 e. The van der Waals surface area contributed by atoms with Crippen molar-refractivity contribution in [3.63, 3.8) is 0 Å². The summed E-state index contributed by atoms with van der Waals surface area (Å²) in [6.45, 7) is 0.725. The van der Waals surface area contributed by atoms with Gasteiger partial charge in [0.2, 0.25) is 5.95 Å². The summed E-state index contributed by atoms with van der Waals surface area (Å²) in [6.07, 6.45) is 6.72. The average Bonchev–Trinajstić information content (AvgIpc) is 2.97. The van der Waals surface area contributed by atoms with E-state index >= 15 is 0 Å². The van der Waals surface area contributed by atoms with E-state index in [4.69, 9.17) is 5.73 Å². The Labute approximate surface area is 116 Å². The van der Waals surface area contributed by atoms with E-state index in [1.54, 1.807) is 30.7 Å². The molecule has 0 spiro atoms. The molecule has 0 radical (unpaired) electrons. The number of amides is 1. The summed E-state index contributed by atoms with van der Waals surface area (Å²) in [4.78, 5) is 26.5. The average molecular weight is 269 g/mol. The fourth-order valence-electron chi connectivity index (χ4n) is 2.55. The van der Waals surface area contributed by atoms with Crippen molar-refractivity contribution < 1.29 is 4.79 Å². The highest BCUT2D eigenvalue weighted by Gasteiger charge is 2.31. The second-order valence-electron chi connectivity index (χ2n) is 4.74. The maximum absolute atomic E-state index is 12.5. The van der Waals surface area contributed by atoms with Gasteiger partial charge in [0.05, 0.1) is 17.3 Å².